The highest BCUT2D eigenvalue weighted by Gasteiger charge is 2.14. The lowest BCUT2D eigenvalue weighted by atomic mass is 10.2. The number of rotatable bonds is 45. The van der Waals surface area contributed by atoms with Gasteiger partial charge in [0, 0.05) is 90.5 Å². The van der Waals surface area contributed by atoms with Crippen LogP contribution in [-0.4, -0.2) is 344 Å². The molecule has 5 unspecified atom stereocenters. The van der Waals surface area contributed by atoms with Crippen LogP contribution in [0.2, 0.25) is 0 Å². The third kappa shape index (κ3) is 181. The molecule has 1 aliphatic rings. The topological polar surface area (TPSA) is 535 Å². The van der Waals surface area contributed by atoms with Crippen molar-refractivity contribution in [1.29, 1.82) is 0 Å². The van der Waals surface area contributed by atoms with Gasteiger partial charge in [-0.05, 0) is 85.6 Å². The summed E-state index contributed by atoms with van der Waals surface area (Å²) in [5.41, 5.74) is 26.0. The maximum Gasteiger partial charge on any atom is 0.407 e. The lowest BCUT2D eigenvalue weighted by molar-refractivity contribution is 0.00603. The molecule has 5 atom stereocenters. The van der Waals surface area contributed by atoms with E-state index < -0.39 is 12.2 Å². The van der Waals surface area contributed by atoms with Gasteiger partial charge in [0.05, 0.1) is 163 Å². The van der Waals surface area contributed by atoms with Gasteiger partial charge in [0.25, 0.3) is 0 Å². The van der Waals surface area contributed by atoms with E-state index in [1.807, 2.05) is 6.92 Å². The minimum Gasteiger partial charge on any atom is -0.447 e. The van der Waals surface area contributed by atoms with Crippen LogP contribution in [0.25, 0.3) is 0 Å². The molecule has 1 saturated heterocycles. The lowest BCUT2D eigenvalue weighted by Crippen LogP contribution is -2.30. The molecule has 1 fully saturated rings. The number of carbonyl (C=O) groups is 1. The number of aliphatic hydroxyl groups is 14. The third-order valence-electron chi connectivity index (χ3n) is 8.72. The fraction of sp³-hybridized carbons (Fsp3) is 0.983. The van der Waals surface area contributed by atoms with Gasteiger partial charge in [-0.2, -0.15) is 11.8 Å². The maximum absolute atomic E-state index is 10.5. The molecule has 1 aliphatic heterocycles. The second-order valence-electron chi connectivity index (χ2n) is 18.2. The third-order valence-corrected chi connectivity index (χ3v) is 9.72. The molecule has 0 aromatic heterocycles. The van der Waals surface area contributed by atoms with Gasteiger partial charge in [0.15, 0.2) is 0 Å². The minimum atomic E-state index is -0.560. The molecule has 566 valence electrons. The Morgan fingerprint density at radius 3 is 1.33 bits per heavy atom. The number of methoxy groups -OCH3 is 1. The summed E-state index contributed by atoms with van der Waals surface area (Å²) in [5.74, 6) is 1.78. The molecule has 0 radical (unpaired) electrons. The first-order valence-corrected chi connectivity index (χ1v) is 32.9. The van der Waals surface area contributed by atoms with Gasteiger partial charge in [0.1, 0.15) is 6.61 Å². The zero-order valence-electron chi connectivity index (χ0n) is 57.8. The summed E-state index contributed by atoms with van der Waals surface area (Å²) in [6, 6.07) is 0.166. The Hall–Kier alpha value is -1.50. The van der Waals surface area contributed by atoms with Gasteiger partial charge in [-0.15, -0.1) is 0 Å². The number of thioether (sulfide) groups is 1. The average molecular weight is 1370 g/mol. The van der Waals surface area contributed by atoms with Crippen LogP contribution < -0.4 is 34.0 Å². The Morgan fingerprint density at radius 1 is 0.516 bits per heavy atom. The number of nitrogens with one attached hydrogen (secondary N) is 1. The number of hydrogen-bond donors (Lipinski definition) is 20. The van der Waals surface area contributed by atoms with E-state index in [0.717, 1.165) is 95.5 Å². The molecule has 0 aromatic carbocycles. The SMILES string of the molecule is CC(O)CO.CCC(C)OCC(C)N.CCCCOCCO.CCCCOCCOCC(C)O.COCCO.NCCCOCCO.NCCNC(=O)OCCO.NCCOCCO.NCCSCCO.OCCCCO.OCCO.OCCOCC1CCCO1. The number of ether oxygens (including phenoxy) is 10. The van der Waals surface area contributed by atoms with Crippen LogP contribution >= 0.6 is 11.8 Å². The van der Waals surface area contributed by atoms with Gasteiger partial charge in [0.2, 0.25) is 0 Å². The number of nitrogens with two attached hydrogens (primary N) is 5. The molecule has 0 aromatic rings. The Morgan fingerprint density at radius 2 is 0.989 bits per heavy atom. The molecule has 32 heteroatoms. The van der Waals surface area contributed by atoms with E-state index in [1.54, 1.807) is 25.8 Å². The van der Waals surface area contributed by atoms with Crippen LogP contribution in [0.4, 0.5) is 4.79 Å². The van der Waals surface area contributed by atoms with Crippen molar-refractivity contribution in [3.05, 3.63) is 0 Å². The zero-order chi connectivity index (χ0) is 71.8. The quantitative estimate of drug-likeness (QED) is 0.0284. The van der Waals surface area contributed by atoms with E-state index in [4.69, 9.17) is 138 Å². The van der Waals surface area contributed by atoms with E-state index in [-0.39, 0.29) is 104 Å². The van der Waals surface area contributed by atoms with Gasteiger partial charge in [-0.3, -0.25) is 0 Å². The van der Waals surface area contributed by atoms with Gasteiger partial charge in [-0.25, -0.2) is 4.79 Å². The van der Waals surface area contributed by atoms with Crippen LogP contribution in [0.1, 0.15) is 113 Å². The van der Waals surface area contributed by atoms with E-state index in [9.17, 15) is 4.79 Å². The Labute approximate surface area is 553 Å². The number of carbonyl (C=O) groups excluding carboxylic acids is 1. The molecule has 1 amide bonds. The predicted octanol–water partition coefficient (Wildman–Crippen LogP) is -2.34. The normalized spacial score (nSPS) is 12.6. The smallest absolute Gasteiger partial charge is 0.407 e. The fourth-order valence-corrected chi connectivity index (χ4v) is 4.65. The van der Waals surface area contributed by atoms with Crippen LogP contribution in [0, 0.1) is 0 Å². The van der Waals surface area contributed by atoms with E-state index in [0.29, 0.717) is 118 Å². The highest BCUT2D eigenvalue weighted by atomic mass is 32.2. The monoisotopic (exact) mass is 1370 g/mol. The molecule has 1 heterocycles. The molecule has 1 rings (SSSR count). The second-order valence-corrected chi connectivity index (χ2v) is 19.4. The van der Waals surface area contributed by atoms with Gasteiger partial charge >= 0.3 is 6.09 Å². The summed E-state index contributed by atoms with van der Waals surface area (Å²) in [4.78, 5) is 10.5. The van der Waals surface area contributed by atoms with Crippen LogP contribution in [0.5, 0.6) is 0 Å². The standard InChI is InChI=1S/C9H20O3.C7H17NO.C7H14O3.C6H14O2.C5H12N2O3.C5H13NO2.C4H11NO2.C4H11NOS.C4H10O2.2C3H8O2.C2H6O2/c1-3-4-5-11-6-7-12-8-9(2)10;1-4-7(3)9-5-6(2)8;8-3-5-9-6-7-2-1-4-10-7;1-2-3-5-8-6-4-7;6-1-2-7-5(9)10-4-3-8;6-2-1-4-8-5-3-7;2*5-1-3-7-4-2-6;5-3-1-2-4-6;1-5-3-2-4;1-3(5)2-4;3-1-2-4/h9-10H,3-8H2,1-2H3;6-7H,4-5,8H2,1-3H3;7-8H,1-6H2;7H,2-6H2,1H3;8H,1-4,6H2,(H,7,9);7H,1-6H2;2*6H,1-5H2;5-6H,1-4H2;4H,2-3H2,1H3;3-5H,2H2,1H3;3-4H,1-2H2. The van der Waals surface area contributed by atoms with Crippen LogP contribution in [-0.2, 0) is 47.4 Å². The molecule has 0 spiro atoms. The molecular formula is C59H144N6O25S. The summed E-state index contributed by atoms with van der Waals surface area (Å²) < 4.78 is 49.6. The highest BCUT2D eigenvalue weighted by Crippen LogP contribution is 2.11. The number of aliphatic hydroxyl groups excluding tert-OH is 14. The molecule has 0 aliphatic carbocycles. The molecule has 0 saturated carbocycles. The average Bonchev–Trinajstić information content (AvgIpc) is 4.36. The fourth-order valence-electron chi connectivity index (χ4n) is 4.15. The van der Waals surface area contributed by atoms with Gasteiger partial charge in [-0.1, -0.05) is 33.6 Å². The Kier molecular flexibility index (Phi) is 157. The van der Waals surface area contributed by atoms with E-state index in [2.05, 4.69) is 42.5 Å². The summed E-state index contributed by atoms with van der Waals surface area (Å²) >= 11 is 1.68. The number of unbranched alkanes of at least 4 members (excludes halogenated alkanes) is 3. The second kappa shape index (κ2) is 125. The molecular weight excluding hydrogens is 1220 g/mol. The number of alkyl carbamates (subject to hydrolysis) is 1. The van der Waals surface area contributed by atoms with Gasteiger partial charge < -0.3 is 153 Å². The summed E-state index contributed by atoms with van der Waals surface area (Å²) in [6.45, 7) is 25.7. The Bertz CT molecular complexity index is 1020. The first kappa shape index (κ1) is 114. The van der Waals surface area contributed by atoms with Crippen molar-refractivity contribution in [3.8, 4) is 0 Å². The maximum atomic E-state index is 10.5. The molecule has 25 N–H and O–H groups in total. The van der Waals surface area contributed by atoms with Crippen molar-refractivity contribution in [3.63, 3.8) is 0 Å². The minimum absolute atomic E-state index is 0.0242. The molecule has 91 heavy (non-hydrogen) atoms. The van der Waals surface area contributed by atoms with E-state index >= 15 is 0 Å². The van der Waals surface area contributed by atoms with Crippen molar-refractivity contribution in [2.24, 2.45) is 28.7 Å². The van der Waals surface area contributed by atoms with Crippen molar-refractivity contribution < 1.29 is 124 Å². The van der Waals surface area contributed by atoms with E-state index in [1.165, 1.54) is 6.92 Å². The van der Waals surface area contributed by atoms with Crippen molar-refractivity contribution in [2.75, 3.05) is 236 Å². The first-order valence-electron chi connectivity index (χ1n) is 31.7. The predicted molar refractivity (Wildman–Crippen MR) is 360 cm³/mol. The van der Waals surface area contributed by atoms with Crippen molar-refractivity contribution in [1.82, 2.24) is 5.32 Å². The summed E-state index contributed by atoms with van der Waals surface area (Å²) in [7, 11) is 1.55. The highest BCUT2D eigenvalue weighted by molar-refractivity contribution is 7.99. The van der Waals surface area contributed by atoms with Crippen LogP contribution in [0.3, 0.4) is 0 Å². The lowest BCUT2D eigenvalue weighted by Gasteiger charge is -2.11. The summed E-state index contributed by atoms with van der Waals surface area (Å²) in [6.07, 6.45) is 9.31. The largest absolute Gasteiger partial charge is 0.447 e. The zero-order valence-corrected chi connectivity index (χ0v) is 58.6. The Balaban J connectivity index is -0.0000000862. The number of amides is 1. The molecule has 31 nitrogen and oxygen atoms in total. The van der Waals surface area contributed by atoms with Crippen molar-refractivity contribution >= 4 is 17.9 Å². The number of hydrogen-bond acceptors (Lipinski definition) is 31. The van der Waals surface area contributed by atoms with Crippen LogP contribution in [0.15, 0.2) is 0 Å². The summed E-state index contributed by atoms with van der Waals surface area (Å²) in [5, 5.41) is 116. The van der Waals surface area contributed by atoms with Crippen molar-refractivity contribution in [2.45, 2.75) is 143 Å². The molecule has 0 bridgehead atoms. The first-order chi connectivity index (χ1) is 43.8.